The number of nitrogens with zero attached hydrogens (tertiary/aromatic N) is 1. The van der Waals surface area contributed by atoms with Crippen LogP contribution >= 0.6 is 23.1 Å². The predicted octanol–water partition coefficient (Wildman–Crippen LogP) is 3.48. The van der Waals surface area contributed by atoms with Crippen molar-refractivity contribution < 1.29 is 0 Å². The van der Waals surface area contributed by atoms with E-state index in [-0.39, 0.29) is 5.56 Å². The highest BCUT2D eigenvalue weighted by Gasteiger charge is 2.11. The zero-order valence-electron chi connectivity index (χ0n) is 11.8. The van der Waals surface area contributed by atoms with Gasteiger partial charge >= 0.3 is 0 Å². The summed E-state index contributed by atoms with van der Waals surface area (Å²) in [7, 11) is 0. The molecule has 0 bridgehead atoms. The average Bonchev–Trinajstić information content (AvgIpc) is 2.74. The molecule has 2 aromatic heterocycles. The van der Waals surface area contributed by atoms with E-state index in [9.17, 15) is 4.79 Å². The van der Waals surface area contributed by atoms with Crippen molar-refractivity contribution in [3.8, 4) is 0 Å². The molecule has 1 aromatic carbocycles. The lowest BCUT2D eigenvalue weighted by Gasteiger charge is -2.02. The summed E-state index contributed by atoms with van der Waals surface area (Å²) in [5.74, 6) is 0.748. The van der Waals surface area contributed by atoms with E-state index >= 15 is 0 Å². The lowest BCUT2D eigenvalue weighted by atomic mass is 10.2. The van der Waals surface area contributed by atoms with Crippen LogP contribution in [0.25, 0.3) is 10.2 Å². The Hall–Kier alpha value is -1.79. The van der Waals surface area contributed by atoms with Crippen LogP contribution in [0.1, 0.15) is 16.0 Å². The molecule has 21 heavy (non-hydrogen) atoms. The summed E-state index contributed by atoms with van der Waals surface area (Å²) in [6.45, 7) is 3.98. The first-order valence-electron chi connectivity index (χ1n) is 6.52. The number of aromatic amines is 1. The molecule has 0 atom stereocenters. The minimum Gasteiger partial charge on any atom is -0.399 e. The molecule has 0 aliphatic heterocycles. The van der Waals surface area contributed by atoms with Crippen LogP contribution in [0, 0.1) is 13.8 Å². The molecule has 0 aliphatic carbocycles. The highest BCUT2D eigenvalue weighted by atomic mass is 32.2. The molecule has 0 radical (unpaired) electrons. The van der Waals surface area contributed by atoms with Gasteiger partial charge in [0.1, 0.15) is 4.83 Å². The van der Waals surface area contributed by atoms with Gasteiger partial charge in [-0.3, -0.25) is 4.79 Å². The van der Waals surface area contributed by atoms with Gasteiger partial charge in [-0.15, -0.1) is 11.3 Å². The Morgan fingerprint density at radius 1 is 1.29 bits per heavy atom. The summed E-state index contributed by atoms with van der Waals surface area (Å²) in [5, 5.41) is 1.37. The summed E-state index contributed by atoms with van der Waals surface area (Å²) in [6, 6.07) is 7.72. The van der Waals surface area contributed by atoms with Gasteiger partial charge in [-0.1, -0.05) is 23.9 Å². The molecular weight excluding hydrogens is 302 g/mol. The number of rotatable bonds is 3. The van der Waals surface area contributed by atoms with Crippen LogP contribution in [0.15, 0.2) is 34.2 Å². The number of hydrogen-bond donors (Lipinski definition) is 2. The van der Waals surface area contributed by atoms with Gasteiger partial charge in [0, 0.05) is 16.3 Å². The minimum atomic E-state index is -0.0540. The molecule has 0 amide bonds. The third kappa shape index (κ3) is 2.82. The molecule has 6 heteroatoms. The summed E-state index contributed by atoms with van der Waals surface area (Å²) in [6.07, 6.45) is 0. The molecule has 4 nitrogen and oxygen atoms in total. The number of thiophene rings is 1. The number of nitrogen functional groups attached to an aromatic ring is 1. The van der Waals surface area contributed by atoms with Crippen molar-refractivity contribution in [2.75, 3.05) is 5.73 Å². The largest absolute Gasteiger partial charge is 0.399 e. The topological polar surface area (TPSA) is 71.8 Å². The summed E-state index contributed by atoms with van der Waals surface area (Å²) >= 11 is 3.09. The van der Waals surface area contributed by atoms with E-state index in [1.165, 1.54) is 11.8 Å². The maximum absolute atomic E-state index is 12.2. The molecule has 0 saturated carbocycles. The number of anilines is 1. The molecule has 0 saturated heterocycles. The van der Waals surface area contributed by atoms with Crippen LogP contribution in [-0.4, -0.2) is 9.97 Å². The average molecular weight is 317 g/mol. The maximum Gasteiger partial charge on any atom is 0.260 e. The lowest BCUT2D eigenvalue weighted by molar-refractivity contribution is 0.978. The van der Waals surface area contributed by atoms with Gasteiger partial charge in [-0.25, -0.2) is 4.98 Å². The van der Waals surface area contributed by atoms with E-state index < -0.39 is 0 Å². The highest BCUT2D eigenvalue weighted by molar-refractivity contribution is 7.98. The van der Waals surface area contributed by atoms with Crippen molar-refractivity contribution in [3.63, 3.8) is 0 Å². The molecule has 0 fully saturated rings. The third-order valence-electron chi connectivity index (χ3n) is 3.37. The molecule has 3 N–H and O–H groups in total. The number of H-pyrrole nitrogens is 1. The van der Waals surface area contributed by atoms with Crippen LogP contribution in [0.5, 0.6) is 0 Å². The Labute approximate surface area is 130 Å². The van der Waals surface area contributed by atoms with Gasteiger partial charge in [0.25, 0.3) is 5.56 Å². The van der Waals surface area contributed by atoms with Crippen LogP contribution in [-0.2, 0) is 5.75 Å². The zero-order valence-corrected chi connectivity index (χ0v) is 13.4. The van der Waals surface area contributed by atoms with E-state index in [4.69, 9.17) is 5.73 Å². The van der Waals surface area contributed by atoms with Gasteiger partial charge in [-0.2, -0.15) is 0 Å². The molecular formula is C15H15N3OS2. The van der Waals surface area contributed by atoms with Crippen molar-refractivity contribution in [2.24, 2.45) is 0 Å². The number of thioether (sulfide) groups is 1. The number of benzene rings is 1. The van der Waals surface area contributed by atoms with Crippen molar-refractivity contribution in [3.05, 3.63) is 50.6 Å². The second-order valence-electron chi connectivity index (χ2n) is 4.86. The Morgan fingerprint density at radius 2 is 2.00 bits per heavy atom. The molecule has 0 spiro atoms. The Kier molecular flexibility index (Phi) is 3.73. The van der Waals surface area contributed by atoms with Gasteiger partial charge in [0.05, 0.1) is 5.39 Å². The molecule has 0 aliphatic rings. The fraction of sp³-hybridized carbons (Fsp3) is 0.200. The van der Waals surface area contributed by atoms with Crippen molar-refractivity contribution in [2.45, 2.75) is 24.8 Å². The molecule has 0 unspecified atom stereocenters. The van der Waals surface area contributed by atoms with E-state index in [0.29, 0.717) is 10.5 Å². The van der Waals surface area contributed by atoms with Crippen LogP contribution in [0.3, 0.4) is 0 Å². The quantitative estimate of drug-likeness (QED) is 0.441. The summed E-state index contributed by atoms with van der Waals surface area (Å²) in [4.78, 5) is 21.5. The number of nitrogens with two attached hydrogens (primary N) is 1. The normalized spacial score (nSPS) is 11.1. The molecule has 108 valence electrons. The number of aryl methyl sites for hydroxylation is 2. The Morgan fingerprint density at radius 3 is 2.71 bits per heavy atom. The second kappa shape index (κ2) is 5.54. The summed E-state index contributed by atoms with van der Waals surface area (Å²) in [5.41, 5.74) is 8.54. The van der Waals surface area contributed by atoms with Crippen LogP contribution in [0.2, 0.25) is 0 Å². The second-order valence-corrected chi connectivity index (χ2v) is 7.03. The fourth-order valence-electron chi connectivity index (χ4n) is 2.07. The smallest absolute Gasteiger partial charge is 0.260 e. The van der Waals surface area contributed by atoms with Crippen LogP contribution in [0.4, 0.5) is 5.69 Å². The van der Waals surface area contributed by atoms with E-state index in [0.717, 1.165) is 32.3 Å². The standard InChI is InChI=1S/C15H15N3OS2/c1-8-9(2)21-14-12(8)13(19)17-15(18-14)20-7-10-3-5-11(16)6-4-10/h3-6H,7,16H2,1-2H3,(H,17,18,19). The number of hydrogen-bond acceptors (Lipinski definition) is 5. The zero-order chi connectivity index (χ0) is 15.0. The van der Waals surface area contributed by atoms with Gasteiger partial charge in [0.15, 0.2) is 5.16 Å². The lowest BCUT2D eigenvalue weighted by Crippen LogP contribution is -2.08. The van der Waals surface area contributed by atoms with Crippen molar-refractivity contribution >= 4 is 39.0 Å². The first kappa shape index (κ1) is 14.2. The van der Waals surface area contributed by atoms with Gasteiger partial charge < -0.3 is 10.7 Å². The minimum absolute atomic E-state index is 0.0540. The Balaban J connectivity index is 1.88. The highest BCUT2D eigenvalue weighted by Crippen LogP contribution is 2.28. The third-order valence-corrected chi connectivity index (χ3v) is 5.42. The maximum atomic E-state index is 12.2. The monoisotopic (exact) mass is 317 g/mol. The molecule has 3 aromatic rings. The fourth-order valence-corrected chi connectivity index (χ4v) is 3.97. The van der Waals surface area contributed by atoms with Crippen molar-refractivity contribution in [1.29, 1.82) is 0 Å². The van der Waals surface area contributed by atoms with E-state index in [1.807, 2.05) is 38.1 Å². The number of aromatic nitrogens is 2. The molecule has 2 heterocycles. The Bertz CT molecular complexity index is 850. The molecule has 3 rings (SSSR count). The van der Waals surface area contributed by atoms with Gasteiger partial charge in [0.2, 0.25) is 0 Å². The van der Waals surface area contributed by atoms with E-state index in [1.54, 1.807) is 11.3 Å². The van der Waals surface area contributed by atoms with Crippen LogP contribution < -0.4 is 11.3 Å². The number of nitrogens with one attached hydrogen (secondary N) is 1. The first-order valence-corrected chi connectivity index (χ1v) is 8.32. The van der Waals surface area contributed by atoms with E-state index in [2.05, 4.69) is 9.97 Å². The van der Waals surface area contributed by atoms with Crippen molar-refractivity contribution in [1.82, 2.24) is 9.97 Å². The van der Waals surface area contributed by atoms with Gasteiger partial charge in [-0.05, 0) is 37.1 Å². The number of fused-ring (bicyclic) bond motifs is 1. The first-order chi connectivity index (χ1) is 10.0. The summed E-state index contributed by atoms with van der Waals surface area (Å²) < 4.78 is 0. The predicted molar refractivity (Wildman–Crippen MR) is 90.1 cm³/mol. The SMILES string of the molecule is Cc1sc2nc(SCc3ccc(N)cc3)[nH]c(=O)c2c1C.